The van der Waals surface area contributed by atoms with Crippen molar-refractivity contribution in [1.29, 1.82) is 0 Å². The molecule has 1 atom stereocenters. The van der Waals surface area contributed by atoms with Gasteiger partial charge in [0.15, 0.2) is 0 Å². The molecule has 0 aromatic heterocycles. The molecule has 15 heavy (non-hydrogen) atoms. The molecule has 0 saturated heterocycles. The summed E-state index contributed by atoms with van der Waals surface area (Å²) in [7, 11) is 0. The zero-order valence-corrected chi connectivity index (χ0v) is 11.5. The molecule has 3 nitrogen and oxygen atoms in total. The minimum atomic E-state index is 0. The van der Waals surface area contributed by atoms with E-state index in [0.717, 1.165) is 5.92 Å². The zero-order valence-electron chi connectivity index (χ0n) is 9.80. The Morgan fingerprint density at radius 3 is 1.33 bits per heavy atom. The predicted molar refractivity (Wildman–Crippen MR) is 58.9 cm³/mol. The summed E-state index contributed by atoms with van der Waals surface area (Å²) in [4.78, 5) is 23.2. The van der Waals surface area contributed by atoms with Gasteiger partial charge in [-0.15, -0.1) is 0 Å². The summed E-state index contributed by atoms with van der Waals surface area (Å²) in [6.45, 7) is 18.7. The molecule has 0 aliphatic carbocycles. The smallest absolute Gasteiger partial charge is 0.545 e. The second-order valence-corrected chi connectivity index (χ2v) is 2.92. The van der Waals surface area contributed by atoms with Gasteiger partial charge in [-0.3, -0.25) is 20.4 Å². The van der Waals surface area contributed by atoms with Crippen molar-refractivity contribution < 1.29 is 33.9 Å². The van der Waals surface area contributed by atoms with Crippen molar-refractivity contribution in [3.8, 4) is 0 Å². The summed E-state index contributed by atoms with van der Waals surface area (Å²) in [5.74, 6) is 2.44. The summed E-state index contributed by atoms with van der Waals surface area (Å²) < 4.78 is 0. The van der Waals surface area contributed by atoms with Crippen LogP contribution in [0.5, 0.6) is 0 Å². The van der Waals surface area contributed by atoms with Gasteiger partial charge in [0.25, 0.3) is 0 Å². The molecule has 0 spiro atoms. The Morgan fingerprint density at radius 2 is 1.27 bits per heavy atom. The van der Waals surface area contributed by atoms with Crippen LogP contribution in [0.15, 0.2) is 0 Å². The summed E-state index contributed by atoms with van der Waals surface area (Å²) in [5, 5.41) is 0. The molecule has 0 aromatic carbocycles. The molecule has 90 valence electrons. The van der Waals surface area contributed by atoms with E-state index < -0.39 is 0 Å². The van der Waals surface area contributed by atoms with Gasteiger partial charge in [0, 0.05) is 0 Å². The van der Waals surface area contributed by atoms with E-state index >= 15 is 0 Å². The third-order valence-electron chi connectivity index (χ3n) is 1.45. The van der Waals surface area contributed by atoms with Crippen LogP contribution in [-0.4, -0.2) is 20.4 Å². The molecule has 0 radical (unpaired) electrons. The molecule has 0 fully saturated rings. The number of hydrogen-bond acceptors (Lipinski definition) is 3. The van der Waals surface area contributed by atoms with Crippen molar-refractivity contribution in [2.45, 2.75) is 40.5 Å². The third-order valence-corrected chi connectivity index (χ3v) is 1.45. The van der Waals surface area contributed by atoms with Gasteiger partial charge in [0.05, 0.1) is 0 Å². The number of hydrogen-bond donors (Lipinski definition) is 0. The summed E-state index contributed by atoms with van der Waals surface area (Å²) >= 11 is 0. The van der Waals surface area contributed by atoms with E-state index in [9.17, 15) is 0 Å². The van der Waals surface area contributed by atoms with Crippen LogP contribution in [0.2, 0.25) is 0 Å². The van der Waals surface area contributed by atoms with Crippen LogP contribution in [0.25, 0.3) is 0 Å². The van der Waals surface area contributed by atoms with Crippen LogP contribution >= 0.6 is 0 Å². The molecule has 0 aliphatic heterocycles. The van der Waals surface area contributed by atoms with E-state index in [2.05, 4.69) is 48.1 Å². The van der Waals surface area contributed by atoms with Gasteiger partial charge in [0.1, 0.15) is 0 Å². The summed E-state index contributed by atoms with van der Waals surface area (Å²) in [6.07, 6.45) is 2.61. The Bertz CT molecular complexity index is 85.1. The van der Waals surface area contributed by atoms with E-state index in [4.69, 9.17) is 14.4 Å². The molecule has 0 rings (SSSR count). The van der Waals surface area contributed by atoms with Gasteiger partial charge in [-0.2, -0.15) is 20.3 Å². The molecule has 0 heterocycles. The predicted octanol–water partition coefficient (Wildman–Crippen LogP) is 2.21. The van der Waals surface area contributed by atoms with Crippen LogP contribution in [0.4, 0.5) is 0 Å². The minimum absolute atomic E-state index is 0. The van der Waals surface area contributed by atoms with Crippen molar-refractivity contribution in [3.63, 3.8) is 0 Å². The Kier molecular flexibility index (Phi) is 73.0. The molecular formula is C11H20O3Ru. The molecule has 0 amide bonds. The second kappa shape index (κ2) is 37.3. The van der Waals surface area contributed by atoms with Crippen LogP contribution in [0.1, 0.15) is 40.5 Å². The van der Waals surface area contributed by atoms with E-state index in [-0.39, 0.29) is 19.5 Å². The monoisotopic (exact) mass is 302 g/mol. The van der Waals surface area contributed by atoms with Gasteiger partial charge in [-0.05, 0) is 0 Å². The summed E-state index contributed by atoms with van der Waals surface area (Å²) in [6, 6.07) is 0. The van der Waals surface area contributed by atoms with Crippen molar-refractivity contribution in [1.82, 2.24) is 0 Å². The first-order valence-electron chi connectivity index (χ1n) is 4.16. The third kappa shape index (κ3) is 58.1. The maximum atomic E-state index is 7.75. The van der Waals surface area contributed by atoms with Crippen molar-refractivity contribution in [2.75, 3.05) is 0 Å². The molecule has 1 unspecified atom stereocenters. The summed E-state index contributed by atoms with van der Waals surface area (Å²) in [5.41, 5.74) is 0. The second-order valence-electron chi connectivity index (χ2n) is 2.92. The largest absolute Gasteiger partial charge is 4.00 e. The first kappa shape index (κ1) is 29.3. The van der Waals surface area contributed by atoms with Gasteiger partial charge in [0.2, 0.25) is 0 Å². The van der Waals surface area contributed by atoms with Gasteiger partial charge in [-0.25, -0.2) is 0 Å². The molecule has 0 bridgehead atoms. The maximum absolute atomic E-state index is 7.75. The Morgan fingerprint density at radius 1 is 1.00 bits per heavy atom. The normalized spacial score (nSPS) is 8.60. The average molecular weight is 301 g/mol. The Balaban J connectivity index is -0.0000000410. The van der Waals surface area contributed by atoms with Crippen LogP contribution < -0.4 is 0 Å². The first-order chi connectivity index (χ1) is 6.66. The van der Waals surface area contributed by atoms with Gasteiger partial charge >= 0.3 is 19.5 Å². The van der Waals surface area contributed by atoms with Crippen molar-refractivity contribution in [3.05, 3.63) is 5.92 Å². The molecule has 0 aromatic rings. The fourth-order valence-electron chi connectivity index (χ4n) is 0.841. The van der Waals surface area contributed by atoms with E-state index in [0.29, 0.717) is 0 Å². The molecule has 0 aliphatic rings. The Hall–Kier alpha value is -0.367. The van der Waals surface area contributed by atoms with Gasteiger partial charge < -0.3 is 20.3 Å². The molecule has 0 saturated carbocycles. The Labute approximate surface area is 107 Å². The molecule has 0 N–H and O–H groups in total. The molecule has 4 heteroatoms. The van der Waals surface area contributed by atoms with Crippen molar-refractivity contribution >= 4 is 20.4 Å². The quantitative estimate of drug-likeness (QED) is 0.456. The average Bonchev–Trinajstić information content (AvgIpc) is 2.25. The number of rotatable bonds is 3. The van der Waals surface area contributed by atoms with Crippen LogP contribution in [0, 0.1) is 11.8 Å². The van der Waals surface area contributed by atoms with E-state index in [1.54, 1.807) is 5.92 Å². The van der Waals surface area contributed by atoms with Crippen LogP contribution in [0.3, 0.4) is 0 Å². The SMILES string of the molecule is CCC(C)C[C-](C)C.[CH-]=O.[CH-]=O.[CH-]=O.[Ru+4]. The standard InChI is InChI=1S/C8H17.3CHO.Ru/c1-5-8(4)6-7(2)3;3*1-2;/h8H,5-6H2,1-4H3;3*1H;/q4*-1;+4. The fraction of sp³-hybridized carbons (Fsp3) is 0.636. The minimum Gasteiger partial charge on any atom is -0.545 e. The maximum Gasteiger partial charge on any atom is 4.00 e. The number of carbonyl (C=O) groups excluding carboxylic acids is 3. The fourth-order valence-corrected chi connectivity index (χ4v) is 0.841. The van der Waals surface area contributed by atoms with Crippen molar-refractivity contribution in [2.24, 2.45) is 5.92 Å². The topological polar surface area (TPSA) is 51.2 Å². The van der Waals surface area contributed by atoms with Crippen LogP contribution in [-0.2, 0) is 33.9 Å². The zero-order chi connectivity index (χ0) is 12.6. The molecular weight excluding hydrogens is 281 g/mol. The van der Waals surface area contributed by atoms with E-state index in [1.807, 2.05) is 0 Å². The van der Waals surface area contributed by atoms with E-state index in [1.165, 1.54) is 12.8 Å². The first-order valence-corrected chi connectivity index (χ1v) is 4.16. The van der Waals surface area contributed by atoms with Gasteiger partial charge in [-0.1, -0.05) is 26.2 Å².